The summed E-state index contributed by atoms with van der Waals surface area (Å²) in [6, 6.07) is 2.81. The van der Waals surface area contributed by atoms with Crippen molar-refractivity contribution < 1.29 is 9.18 Å². The van der Waals surface area contributed by atoms with Gasteiger partial charge in [0.2, 0.25) is 11.9 Å². The summed E-state index contributed by atoms with van der Waals surface area (Å²) in [4.78, 5) is 15.6. The third-order valence-corrected chi connectivity index (χ3v) is 4.07. The van der Waals surface area contributed by atoms with Gasteiger partial charge in [0.15, 0.2) is 0 Å². The average molecular weight is 234 g/mol. The molecule has 4 heteroatoms. The van der Waals surface area contributed by atoms with Crippen LogP contribution in [0.15, 0.2) is 18.3 Å². The van der Waals surface area contributed by atoms with E-state index in [1.807, 2.05) is 0 Å². The molecule has 2 aliphatic carbocycles. The molecule has 0 spiro atoms. The minimum atomic E-state index is -0.525. The zero-order valence-electron chi connectivity index (χ0n) is 9.53. The standard InChI is InChI=1S/C13H15FN2O/c14-12-4-3-10(7-15-12)16-13(17)11-6-8-1-2-9(11)5-8/h3-4,7-9,11H,1-2,5-6H2,(H,16,17). The smallest absolute Gasteiger partial charge is 0.227 e. The number of carbonyl (C=O) groups excluding carboxylic acids is 1. The molecule has 0 radical (unpaired) electrons. The zero-order chi connectivity index (χ0) is 11.8. The van der Waals surface area contributed by atoms with Gasteiger partial charge < -0.3 is 5.32 Å². The van der Waals surface area contributed by atoms with Gasteiger partial charge in [-0.3, -0.25) is 4.79 Å². The number of hydrogen-bond donors (Lipinski definition) is 1. The maximum absolute atomic E-state index is 12.6. The number of anilines is 1. The molecule has 0 aliphatic heterocycles. The largest absolute Gasteiger partial charge is 0.324 e. The summed E-state index contributed by atoms with van der Waals surface area (Å²) in [6.45, 7) is 0. The molecule has 3 nitrogen and oxygen atoms in total. The second kappa shape index (κ2) is 4.09. The number of hydrogen-bond acceptors (Lipinski definition) is 2. The number of nitrogens with zero attached hydrogens (tertiary/aromatic N) is 1. The van der Waals surface area contributed by atoms with Gasteiger partial charge in [-0.05, 0) is 43.2 Å². The first kappa shape index (κ1) is 10.7. The Bertz CT molecular complexity index is 432. The van der Waals surface area contributed by atoms with Gasteiger partial charge in [-0.2, -0.15) is 4.39 Å². The average Bonchev–Trinajstić information content (AvgIpc) is 2.94. The second-order valence-corrected chi connectivity index (χ2v) is 5.14. The van der Waals surface area contributed by atoms with Gasteiger partial charge in [0.25, 0.3) is 0 Å². The van der Waals surface area contributed by atoms with Crippen molar-refractivity contribution in [1.82, 2.24) is 4.98 Å². The van der Waals surface area contributed by atoms with Crippen LogP contribution in [0.4, 0.5) is 10.1 Å². The molecule has 1 N–H and O–H groups in total. The molecular formula is C13H15FN2O. The van der Waals surface area contributed by atoms with E-state index in [9.17, 15) is 9.18 Å². The zero-order valence-corrected chi connectivity index (χ0v) is 9.53. The van der Waals surface area contributed by atoms with Crippen LogP contribution in [0.25, 0.3) is 0 Å². The van der Waals surface area contributed by atoms with Crippen molar-refractivity contribution >= 4 is 11.6 Å². The number of rotatable bonds is 2. The Morgan fingerprint density at radius 2 is 2.24 bits per heavy atom. The predicted octanol–water partition coefficient (Wildman–Crippen LogP) is 2.60. The lowest BCUT2D eigenvalue weighted by Crippen LogP contribution is -2.27. The highest BCUT2D eigenvalue weighted by Gasteiger charge is 2.42. The lowest BCUT2D eigenvalue weighted by molar-refractivity contribution is -0.121. The Kier molecular flexibility index (Phi) is 2.57. The summed E-state index contributed by atoms with van der Waals surface area (Å²) in [6.07, 6.45) is 6.06. The van der Waals surface area contributed by atoms with E-state index in [4.69, 9.17) is 0 Å². The minimum Gasteiger partial charge on any atom is -0.324 e. The van der Waals surface area contributed by atoms with Gasteiger partial charge in [-0.15, -0.1) is 0 Å². The van der Waals surface area contributed by atoms with Crippen LogP contribution >= 0.6 is 0 Å². The van der Waals surface area contributed by atoms with Crippen LogP contribution in [0.1, 0.15) is 25.7 Å². The van der Waals surface area contributed by atoms with Crippen LogP contribution in [0.3, 0.4) is 0 Å². The van der Waals surface area contributed by atoms with Gasteiger partial charge >= 0.3 is 0 Å². The lowest BCUT2D eigenvalue weighted by Gasteiger charge is -2.20. The monoisotopic (exact) mass is 234 g/mol. The molecular weight excluding hydrogens is 219 g/mol. The summed E-state index contributed by atoms with van der Waals surface area (Å²) in [5.74, 6) is 1.02. The van der Waals surface area contributed by atoms with Crippen molar-refractivity contribution in [3.8, 4) is 0 Å². The summed E-state index contributed by atoms with van der Waals surface area (Å²) < 4.78 is 12.6. The molecule has 0 aromatic carbocycles. The van der Waals surface area contributed by atoms with Crippen LogP contribution in [0, 0.1) is 23.7 Å². The van der Waals surface area contributed by atoms with Gasteiger partial charge in [0, 0.05) is 5.92 Å². The van der Waals surface area contributed by atoms with Crippen LogP contribution in [0.2, 0.25) is 0 Å². The third kappa shape index (κ3) is 2.04. The third-order valence-electron chi connectivity index (χ3n) is 4.07. The lowest BCUT2D eigenvalue weighted by atomic mass is 9.88. The summed E-state index contributed by atoms with van der Waals surface area (Å²) >= 11 is 0. The van der Waals surface area contributed by atoms with Crippen LogP contribution in [-0.2, 0) is 4.79 Å². The SMILES string of the molecule is O=C(Nc1ccc(F)nc1)C1CC2CCC1C2. The topological polar surface area (TPSA) is 42.0 Å². The van der Waals surface area contributed by atoms with Gasteiger partial charge in [0.05, 0.1) is 11.9 Å². The van der Waals surface area contributed by atoms with E-state index in [0.717, 1.165) is 12.3 Å². The first-order valence-electron chi connectivity index (χ1n) is 6.15. The Morgan fingerprint density at radius 3 is 2.82 bits per heavy atom. The Labute approximate surface area is 99.4 Å². The molecule has 0 saturated heterocycles. The number of amides is 1. The Hall–Kier alpha value is -1.45. The highest BCUT2D eigenvalue weighted by Crippen LogP contribution is 2.48. The fourth-order valence-electron chi connectivity index (χ4n) is 3.25. The highest BCUT2D eigenvalue weighted by atomic mass is 19.1. The van der Waals surface area contributed by atoms with E-state index in [1.165, 1.54) is 31.5 Å². The second-order valence-electron chi connectivity index (χ2n) is 5.14. The molecule has 2 saturated carbocycles. The quantitative estimate of drug-likeness (QED) is 0.799. The maximum Gasteiger partial charge on any atom is 0.227 e. The molecule has 2 bridgehead atoms. The number of nitrogens with one attached hydrogen (secondary N) is 1. The molecule has 17 heavy (non-hydrogen) atoms. The van der Waals surface area contributed by atoms with Crippen LogP contribution in [0.5, 0.6) is 0 Å². The predicted molar refractivity (Wildman–Crippen MR) is 61.8 cm³/mol. The summed E-state index contributed by atoms with van der Waals surface area (Å²) in [5, 5.41) is 2.83. The van der Waals surface area contributed by atoms with Crippen LogP contribution in [-0.4, -0.2) is 10.9 Å². The normalized spacial score (nSPS) is 30.5. The molecule has 1 amide bonds. The molecule has 90 valence electrons. The highest BCUT2D eigenvalue weighted by molar-refractivity contribution is 5.92. The van der Waals surface area contributed by atoms with E-state index in [0.29, 0.717) is 11.6 Å². The van der Waals surface area contributed by atoms with Crippen LogP contribution < -0.4 is 5.32 Å². The maximum atomic E-state index is 12.6. The summed E-state index contributed by atoms with van der Waals surface area (Å²) in [5.41, 5.74) is 0.583. The fraction of sp³-hybridized carbons (Fsp3) is 0.538. The first-order chi connectivity index (χ1) is 8.22. The molecule has 1 aromatic heterocycles. The molecule has 2 fully saturated rings. The fourth-order valence-corrected chi connectivity index (χ4v) is 3.25. The van der Waals surface area contributed by atoms with E-state index in [1.54, 1.807) is 6.07 Å². The van der Waals surface area contributed by atoms with E-state index in [2.05, 4.69) is 10.3 Å². The number of fused-ring (bicyclic) bond motifs is 2. The number of pyridine rings is 1. The van der Waals surface area contributed by atoms with Crippen molar-refractivity contribution in [2.45, 2.75) is 25.7 Å². The number of carbonyl (C=O) groups is 1. The van der Waals surface area contributed by atoms with Gasteiger partial charge in [-0.25, -0.2) is 4.98 Å². The van der Waals surface area contributed by atoms with Crippen molar-refractivity contribution in [3.05, 3.63) is 24.3 Å². The molecule has 2 aliphatic rings. The van der Waals surface area contributed by atoms with Crippen molar-refractivity contribution in [2.75, 3.05) is 5.32 Å². The first-order valence-corrected chi connectivity index (χ1v) is 6.15. The summed E-state index contributed by atoms with van der Waals surface area (Å²) in [7, 11) is 0. The molecule has 3 rings (SSSR count). The molecule has 1 aromatic rings. The molecule has 3 atom stereocenters. The molecule has 3 unspecified atom stereocenters. The van der Waals surface area contributed by atoms with Crippen molar-refractivity contribution in [1.29, 1.82) is 0 Å². The Morgan fingerprint density at radius 1 is 1.35 bits per heavy atom. The van der Waals surface area contributed by atoms with Crippen molar-refractivity contribution in [2.24, 2.45) is 17.8 Å². The number of aromatic nitrogens is 1. The van der Waals surface area contributed by atoms with Gasteiger partial charge in [-0.1, -0.05) is 6.42 Å². The van der Waals surface area contributed by atoms with Gasteiger partial charge in [0.1, 0.15) is 0 Å². The Balaban J connectivity index is 1.65. The molecule has 1 heterocycles. The van der Waals surface area contributed by atoms with E-state index in [-0.39, 0.29) is 11.8 Å². The minimum absolute atomic E-state index is 0.0746. The van der Waals surface area contributed by atoms with E-state index < -0.39 is 5.95 Å². The van der Waals surface area contributed by atoms with E-state index >= 15 is 0 Å². The number of halogens is 1. The van der Waals surface area contributed by atoms with Crippen molar-refractivity contribution in [3.63, 3.8) is 0 Å².